The van der Waals surface area contributed by atoms with Crippen LogP contribution in [0.4, 0.5) is 14.7 Å². The van der Waals surface area contributed by atoms with Crippen molar-refractivity contribution in [3.05, 3.63) is 36.9 Å². The first-order valence-electron chi connectivity index (χ1n) is 10.4. The first kappa shape index (κ1) is 21.0. The summed E-state index contributed by atoms with van der Waals surface area (Å²) in [4.78, 5) is 19.9. The van der Waals surface area contributed by atoms with Crippen LogP contribution in [0.2, 0.25) is 0 Å². The lowest BCUT2D eigenvalue weighted by Gasteiger charge is -2.45. The molecule has 1 saturated carbocycles. The van der Waals surface area contributed by atoms with Crippen molar-refractivity contribution in [2.24, 2.45) is 0 Å². The second-order valence-corrected chi connectivity index (χ2v) is 8.44. The third-order valence-corrected chi connectivity index (χ3v) is 5.62. The first-order chi connectivity index (χ1) is 15.8. The maximum absolute atomic E-state index is 12.9. The van der Waals surface area contributed by atoms with Crippen molar-refractivity contribution in [2.45, 2.75) is 44.7 Å². The Bertz CT molecular complexity index is 1330. The number of fused-ring (bicyclic) bond motifs is 2. The van der Waals surface area contributed by atoms with Gasteiger partial charge in [-0.05, 0) is 38.0 Å². The van der Waals surface area contributed by atoms with E-state index in [1.807, 2.05) is 25.1 Å². The highest BCUT2D eigenvalue weighted by atomic mass is 19.3. The molecule has 0 radical (unpaired) electrons. The van der Waals surface area contributed by atoms with Gasteiger partial charge in [-0.15, -0.1) is 5.10 Å². The summed E-state index contributed by atoms with van der Waals surface area (Å²) in [5, 5.41) is 14.8. The zero-order valence-corrected chi connectivity index (χ0v) is 18.0. The summed E-state index contributed by atoms with van der Waals surface area (Å²) in [6.45, 7) is 2.67. The number of pyridine rings is 1. The van der Waals surface area contributed by atoms with Crippen LogP contribution in [-0.2, 0) is 4.79 Å². The Morgan fingerprint density at radius 2 is 2.12 bits per heavy atom. The van der Waals surface area contributed by atoms with Gasteiger partial charge in [0.05, 0.1) is 0 Å². The molecule has 1 aliphatic rings. The average molecular weight is 456 g/mol. The van der Waals surface area contributed by atoms with Gasteiger partial charge in [-0.25, -0.2) is 22.8 Å². The van der Waals surface area contributed by atoms with E-state index in [0.717, 1.165) is 5.56 Å². The molecule has 0 aromatic carbocycles. The number of alkyl halides is 2. The van der Waals surface area contributed by atoms with E-state index >= 15 is 0 Å². The normalized spacial score (nSPS) is 20.2. The minimum absolute atomic E-state index is 0.0343. The fourth-order valence-electron chi connectivity index (χ4n) is 4.34. The molecule has 0 saturated heterocycles. The average Bonchev–Trinajstić information content (AvgIpc) is 3.36. The number of hydrogen-bond acceptors (Lipinski definition) is 7. The molecule has 4 aromatic rings. The van der Waals surface area contributed by atoms with Gasteiger partial charge in [-0.1, -0.05) is 0 Å². The van der Waals surface area contributed by atoms with Gasteiger partial charge < -0.3 is 15.4 Å². The van der Waals surface area contributed by atoms with Gasteiger partial charge >= 0.3 is 0 Å². The monoisotopic (exact) mass is 456 g/mol. The van der Waals surface area contributed by atoms with E-state index in [9.17, 15) is 13.6 Å². The van der Waals surface area contributed by atoms with Crippen molar-refractivity contribution in [3.8, 4) is 17.0 Å². The van der Waals surface area contributed by atoms with Crippen LogP contribution in [0.15, 0.2) is 36.9 Å². The van der Waals surface area contributed by atoms with E-state index in [1.54, 1.807) is 21.4 Å². The second-order valence-electron chi connectivity index (χ2n) is 8.44. The largest absolute Gasteiger partial charge is 0.470 e. The fourth-order valence-corrected chi connectivity index (χ4v) is 4.34. The Morgan fingerprint density at radius 3 is 2.88 bits per heavy atom. The van der Waals surface area contributed by atoms with Gasteiger partial charge in [0.15, 0.2) is 12.3 Å². The Morgan fingerprint density at radius 1 is 1.30 bits per heavy atom. The third kappa shape index (κ3) is 4.15. The van der Waals surface area contributed by atoms with Crippen LogP contribution in [0, 0.1) is 0 Å². The lowest BCUT2D eigenvalue weighted by Crippen LogP contribution is -2.59. The van der Waals surface area contributed by atoms with Gasteiger partial charge in [0, 0.05) is 42.0 Å². The quantitative estimate of drug-likeness (QED) is 0.440. The van der Waals surface area contributed by atoms with E-state index in [1.165, 1.54) is 13.3 Å². The van der Waals surface area contributed by atoms with Gasteiger partial charge in [0.25, 0.3) is 6.43 Å². The molecule has 12 heteroatoms. The van der Waals surface area contributed by atoms with Gasteiger partial charge in [-0.3, -0.25) is 4.79 Å². The van der Waals surface area contributed by atoms with E-state index < -0.39 is 13.0 Å². The molecule has 0 atom stereocenters. The number of carbonyl (C=O) groups excluding carboxylic acids is 1. The van der Waals surface area contributed by atoms with E-state index in [4.69, 9.17) is 4.74 Å². The SMILES string of the molecule is CC(=O)NC1(C)CC(Nc2nc(OCC(F)F)c3c(-c4ccc5ncnn5c4)ccn3n2)C1. The standard InChI is InChI=1S/C21H22F2N8O2/c1-12(32)28-21(2)7-14(8-21)26-20-27-19(33-10-16(22)23)18-15(5-6-30(18)29-20)13-3-4-17-24-11-25-31(17)9-13/h3-6,9,11,14,16H,7-8,10H2,1-2H3,(H,26,29)(H,28,32). The van der Waals surface area contributed by atoms with E-state index in [2.05, 4.69) is 30.8 Å². The number of carbonyl (C=O) groups is 1. The number of hydrogen-bond donors (Lipinski definition) is 2. The summed E-state index contributed by atoms with van der Waals surface area (Å²) in [5.74, 6) is 0.228. The van der Waals surface area contributed by atoms with Crippen molar-refractivity contribution < 1.29 is 18.3 Å². The minimum atomic E-state index is -2.65. The number of aromatic nitrogens is 6. The number of halogens is 2. The number of rotatable bonds is 7. The lowest BCUT2D eigenvalue weighted by molar-refractivity contribution is -0.121. The molecule has 4 aromatic heterocycles. The van der Waals surface area contributed by atoms with Crippen LogP contribution in [0.5, 0.6) is 5.88 Å². The maximum Gasteiger partial charge on any atom is 0.272 e. The van der Waals surface area contributed by atoms with Crippen LogP contribution in [0.3, 0.4) is 0 Å². The molecule has 1 aliphatic carbocycles. The summed E-state index contributed by atoms with van der Waals surface area (Å²) >= 11 is 0. The van der Waals surface area contributed by atoms with Gasteiger partial charge in [-0.2, -0.15) is 10.1 Å². The summed E-state index contributed by atoms with van der Waals surface area (Å²) in [6, 6.07) is 5.52. The summed E-state index contributed by atoms with van der Waals surface area (Å²) < 4.78 is 34.4. The highest BCUT2D eigenvalue weighted by Gasteiger charge is 2.41. The third-order valence-electron chi connectivity index (χ3n) is 5.62. The van der Waals surface area contributed by atoms with E-state index in [0.29, 0.717) is 29.6 Å². The van der Waals surface area contributed by atoms with Crippen molar-refractivity contribution in [3.63, 3.8) is 0 Å². The molecule has 0 bridgehead atoms. The highest BCUT2D eigenvalue weighted by molar-refractivity contribution is 5.84. The molecule has 0 aliphatic heterocycles. The van der Waals surface area contributed by atoms with Crippen molar-refractivity contribution >= 4 is 23.0 Å². The molecular formula is C21H22F2N8O2. The minimum Gasteiger partial charge on any atom is -0.470 e. The number of anilines is 1. The van der Waals surface area contributed by atoms with Gasteiger partial charge in [0.2, 0.25) is 17.7 Å². The molecule has 172 valence electrons. The zero-order chi connectivity index (χ0) is 23.2. The predicted octanol–water partition coefficient (Wildman–Crippen LogP) is 2.55. The molecule has 1 amide bonds. The second kappa shape index (κ2) is 7.94. The van der Waals surface area contributed by atoms with Crippen molar-refractivity contribution in [2.75, 3.05) is 11.9 Å². The smallest absolute Gasteiger partial charge is 0.272 e. The number of ether oxygens (including phenoxy) is 1. The maximum atomic E-state index is 12.9. The molecule has 10 nitrogen and oxygen atoms in total. The van der Waals surface area contributed by atoms with Crippen molar-refractivity contribution in [1.82, 2.24) is 34.5 Å². The lowest BCUT2D eigenvalue weighted by atomic mass is 9.74. The van der Waals surface area contributed by atoms with Crippen LogP contribution < -0.4 is 15.4 Å². The zero-order valence-electron chi connectivity index (χ0n) is 18.0. The molecule has 5 rings (SSSR count). The summed E-state index contributed by atoms with van der Waals surface area (Å²) in [7, 11) is 0. The molecule has 4 heterocycles. The fraction of sp³-hybridized carbons (Fsp3) is 0.381. The Kier molecular flexibility index (Phi) is 5.06. The first-order valence-corrected chi connectivity index (χ1v) is 10.4. The Hall–Kier alpha value is -3.83. The number of amides is 1. The molecule has 33 heavy (non-hydrogen) atoms. The number of nitrogens with one attached hydrogen (secondary N) is 2. The van der Waals surface area contributed by atoms with Gasteiger partial charge in [0.1, 0.15) is 11.8 Å². The van der Waals surface area contributed by atoms with Crippen LogP contribution >= 0.6 is 0 Å². The van der Waals surface area contributed by atoms with E-state index in [-0.39, 0.29) is 29.3 Å². The van der Waals surface area contributed by atoms with Crippen LogP contribution in [0.1, 0.15) is 26.7 Å². The molecule has 0 unspecified atom stereocenters. The molecular weight excluding hydrogens is 434 g/mol. The molecule has 0 spiro atoms. The molecule has 1 fully saturated rings. The van der Waals surface area contributed by atoms with Crippen LogP contribution in [0.25, 0.3) is 22.3 Å². The number of nitrogens with zero attached hydrogens (tertiary/aromatic N) is 6. The van der Waals surface area contributed by atoms with Crippen molar-refractivity contribution in [1.29, 1.82) is 0 Å². The summed E-state index contributed by atoms with van der Waals surface area (Å²) in [5.41, 5.74) is 2.36. The Labute approximate surface area is 187 Å². The van der Waals surface area contributed by atoms with Crippen LogP contribution in [-0.4, -0.2) is 59.7 Å². The molecule has 2 N–H and O–H groups in total. The Balaban J connectivity index is 1.47. The highest BCUT2D eigenvalue weighted by Crippen LogP contribution is 2.35. The topological polar surface area (TPSA) is 111 Å². The summed E-state index contributed by atoms with van der Waals surface area (Å²) in [6.07, 6.45) is 3.70. The predicted molar refractivity (Wildman–Crippen MR) is 115 cm³/mol.